The summed E-state index contributed by atoms with van der Waals surface area (Å²) in [5, 5.41) is 11.0. The maximum atomic E-state index is 12.8. The minimum Gasteiger partial charge on any atom is -0.387 e. The lowest BCUT2D eigenvalue weighted by atomic mass is 9.77. The van der Waals surface area contributed by atoms with Gasteiger partial charge in [-0.15, -0.1) is 11.3 Å². The molecule has 1 N–H and O–H groups in total. The predicted octanol–water partition coefficient (Wildman–Crippen LogP) is 4.14. The lowest BCUT2D eigenvalue weighted by molar-refractivity contribution is -0.141. The van der Waals surface area contributed by atoms with Gasteiger partial charge in [-0.2, -0.15) is 0 Å². The van der Waals surface area contributed by atoms with Crippen molar-refractivity contribution in [3.05, 3.63) is 27.7 Å². The Morgan fingerprint density at radius 1 is 1.44 bits per heavy atom. The highest BCUT2D eigenvalue weighted by Crippen LogP contribution is 2.49. The monoisotopic (exact) mass is 333 g/mol. The summed E-state index contributed by atoms with van der Waals surface area (Å²) in [6.45, 7) is 0. The Kier molecular flexibility index (Phi) is 2.91. The second kappa shape index (κ2) is 4.21. The Bertz CT molecular complexity index is 593. The van der Waals surface area contributed by atoms with Crippen LogP contribution in [0.4, 0.5) is 8.78 Å². The molecule has 0 bridgehead atoms. The first kappa shape index (κ1) is 12.4. The minimum absolute atomic E-state index is 0.223. The number of alkyl halides is 2. The minimum atomic E-state index is -2.59. The van der Waals surface area contributed by atoms with Crippen LogP contribution in [0.5, 0.6) is 0 Å². The molecule has 0 aromatic carbocycles. The summed E-state index contributed by atoms with van der Waals surface area (Å²) in [6, 6.07) is 3.74. The molecule has 1 fully saturated rings. The fraction of sp³-hybridized carbons (Fsp3) is 0.417. The number of thiophene rings is 1. The van der Waals surface area contributed by atoms with Crippen LogP contribution in [-0.2, 0) is 0 Å². The van der Waals surface area contributed by atoms with Crippen molar-refractivity contribution in [3.8, 4) is 0 Å². The molecule has 1 aliphatic rings. The summed E-state index contributed by atoms with van der Waals surface area (Å²) in [6.07, 6.45) is 0.438. The number of aliphatic hydroxyl groups is 1. The Balaban J connectivity index is 1.86. The SMILES string of the molecule is OC(c1cc2cc(Br)cnc2s1)C1CC(F)(F)C1. The second-order valence-electron chi connectivity index (χ2n) is 4.67. The van der Waals surface area contributed by atoms with Gasteiger partial charge in [0.1, 0.15) is 4.83 Å². The third-order valence-electron chi connectivity index (χ3n) is 3.22. The number of fused-ring (bicyclic) bond motifs is 1. The van der Waals surface area contributed by atoms with Gasteiger partial charge in [-0.25, -0.2) is 13.8 Å². The first-order valence-electron chi connectivity index (χ1n) is 5.55. The smallest absolute Gasteiger partial charge is 0.248 e. The standard InChI is InChI=1S/C12H10BrF2NOS/c13-8-1-6-2-9(18-11(6)16-5-8)10(17)7-3-12(14,15)4-7/h1-2,5,7,10,17H,3-4H2. The van der Waals surface area contributed by atoms with Crippen LogP contribution in [-0.4, -0.2) is 16.0 Å². The van der Waals surface area contributed by atoms with Gasteiger partial charge in [0, 0.05) is 39.7 Å². The first-order chi connectivity index (χ1) is 8.44. The van der Waals surface area contributed by atoms with Crippen molar-refractivity contribution in [3.63, 3.8) is 0 Å². The van der Waals surface area contributed by atoms with Crippen LogP contribution < -0.4 is 0 Å². The van der Waals surface area contributed by atoms with E-state index in [4.69, 9.17) is 0 Å². The van der Waals surface area contributed by atoms with Gasteiger partial charge >= 0.3 is 0 Å². The maximum Gasteiger partial charge on any atom is 0.248 e. The Morgan fingerprint density at radius 3 is 2.83 bits per heavy atom. The number of pyridine rings is 1. The van der Waals surface area contributed by atoms with Crippen LogP contribution >= 0.6 is 27.3 Å². The average Bonchev–Trinajstić information content (AvgIpc) is 2.67. The van der Waals surface area contributed by atoms with Crippen molar-refractivity contribution in [2.45, 2.75) is 24.9 Å². The van der Waals surface area contributed by atoms with Crippen molar-refractivity contribution in [2.24, 2.45) is 5.92 Å². The molecule has 1 atom stereocenters. The number of hydrogen-bond donors (Lipinski definition) is 1. The van der Waals surface area contributed by atoms with Gasteiger partial charge in [0.25, 0.3) is 0 Å². The molecule has 2 aromatic heterocycles. The van der Waals surface area contributed by atoms with E-state index in [1.54, 1.807) is 6.20 Å². The van der Waals surface area contributed by atoms with E-state index in [1.807, 2.05) is 12.1 Å². The van der Waals surface area contributed by atoms with E-state index in [2.05, 4.69) is 20.9 Å². The van der Waals surface area contributed by atoms with Gasteiger partial charge in [0.15, 0.2) is 0 Å². The van der Waals surface area contributed by atoms with Gasteiger partial charge in [-0.05, 0) is 28.1 Å². The number of hydrogen-bond acceptors (Lipinski definition) is 3. The summed E-state index contributed by atoms with van der Waals surface area (Å²) in [5.41, 5.74) is 0. The molecule has 2 nitrogen and oxygen atoms in total. The number of aliphatic hydroxyl groups excluding tert-OH is 1. The molecule has 1 saturated carbocycles. The topological polar surface area (TPSA) is 33.1 Å². The molecular weight excluding hydrogens is 324 g/mol. The average molecular weight is 334 g/mol. The van der Waals surface area contributed by atoms with Crippen molar-refractivity contribution in [1.29, 1.82) is 0 Å². The lowest BCUT2D eigenvalue weighted by Gasteiger charge is -2.37. The highest BCUT2D eigenvalue weighted by Gasteiger charge is 2.48. The molecule has 1 unspecified atom stereocenters. The van der Waals surface area contributed by atoms with Gasteiger partial charge in [-0.3, -0.25) is 0 Å². The molecule has 0 spiro atoms. The van der Waals surface area contributed by atoms with Crippen molar-refractivity contribution >= 4 is 37.5 Å². The molecule has 96 valence electrons. The number of rotatable bonds is 2. The summed E-state index contributed by atoms with van der Waals surface area (Å²) in [4.78, 5) is 5.76. The molecule has 0 aliphatic heterocycles. The van der Waals surface area contributed by atoms with Crippen molar-refractivity contribution in [1.82, 2.24) is 4.98 Å². The number of halogens is 3. The molecule has 2 heterocycles. The fourth-order valence-corrected chi connectivity index (χ4v) is 3.65. The van der Waals surface area contributed by atoms with Crippen LogP contribution in [0.15, 0.2) is 22.8 Å². The molecule has 1 aliphatic carbocycles. The Morgan fingerprint density at radius 2 is 2.17 bits per heavy atom. The van der Waals surface area contributed by atoms with Crippen LogP contribution in [0.3, 0.4) is 0 Å². The zero-order valence-corrected chi connectivity index (χ0v) is 11.6. The van der Waals surface area contributed by atoms with Crippen LogP contribution in [0, 0.1) is 5.92 Å². The normalized spacial score (nSPS) is 20.9. The van der Waals surface area contributed by atoms with Crippen LogP contribution in [0.2, 0.25) is 0 Å². The number of nitrogens with zero attached hydrogens (tertiary/aromatic N) is 1. The van der Waals surface area contributed by atoms with Gasteiger partial charge in [0.05, 0.1) is 6.10 Å². The van der Waals surface area contributed by atoms with Crippen molar-refractivity contribution in [2.75, 3.05) is 0 Å². The van der Waals surface area contributed by atoms with E-state index in [0.29, 0.717) is 0 Å². The summed E-state index contributed by atoms with van der Waals surface area (Å²) in [7, 11) is 0. The van der Waals surface area contributed by atoms with E-state index >= 15 is 0 Å². The Hall–Kier alpha value is -0.590. The zero-order chi connectivity index (χ0) is 12.9. The lowest BCUT2D eigenvalue weighted by Crippen LogP contribution is -2.38. The molecule has 0 radical (unpaired) electrons. The summed E-state index contributed by atoms with van der Waals surface area (Å²) in [5.74, 6) is -2.93. The largest absolute Gasteiger partial charge is 0.387 e. The molecule has 6 heteroatoms. The van der Waals surface area contributed by atoms with E-state index < -0.39 is 12.0 Å². The van der Waals surface area contributed by atoms with E-state index in [0.717, 1.165) is 19.6 Å². The maximum absolute atomic E-state index is 12.8. The van der Waals surface area contributed by atoms with Crippen molar-refractivity contribution < 1.29 is 13.9 Å². The van der Waals surface area contributed by atoms with E-state index in [-0.39, 0.29) is 18.8 Å². The predicted molar refractivity (Wildman–Crippen MR) is 70.0 cm³/mol. The summed E-state index contributed by atoms with van der Waals surface area (Å²) >= 11 is 4.69. The molecular formula is C12H10BrF2NOS. The molecule has 3 rings (SSSR count). The molecule has 0 amide bonds. The van der Waals surface area contributed by atoms with E-state index in [1.165, 1.54) is 11.3 Å². The fourth-order valence-electron chi connectivity index (χ4n) is 2.23. The van der Waals surface area contributed by atoms with Gasteiger partial charge in [0.2, 0.25) is 5.92 Å². The molecule has 18 heavy (non-hydrogen) atoms. The van der Waals surface area contributed by atoms with Crippen LogP contribution in [0.25, 0.3) is 10.2 Å². The summed E-state index contributed by atoms with van der Waals surface area (Å²) < 4.78 is 26.5. The second-order valence-corrected chi connectivity index (χ2v) is 6.64. The molecule has 2 aromatic rings. The number of aromatic nitrogens is 1. The van der Waals surface area contributed by atoms with E-state index in [9.17, 15) is 13.9 Å². The van der Waals surface area contributed by atoms with Gasteiger partial charge < -0.3 is 5.11 Å². The third-order valence-corrected chi connectivity index (χ3v) is 4.78. The third kappa shape index (κ3) is 2.17. The zero-order valence-electron chi connectivity index (χ0n) is 9.24. The Labute approximate surface area is 115 Å². The quantitative estimate of drug-likeness (QED) is 0.896. The van der Waals surface area contributed by atoms with Crippen LogP contribution in [0.1, 0.15) is 23.8 Å². The highest BCUT2D eigenvalue weighted by atomic mass is 79.9. The molecule has 0 saturated heterocycles. The highest BCUT2D eigenvalue weighted by molar-refractivity contribution is 9.10. The van der Waals surface area contributed by atoms with Gasteiger partial charge in [-0.1, -0.05) is 0 Å². The first-order valence-corrected chi connectivity index (χ1v) is 7.16.